The third kappa shape index (κ3) is 1.84. The van der Waals surface area contributed by atoms with E-state index >= 15 is 0 Å². The molecule has 0 amide bonds. The predicted octanol–water partition coefficient (Wildman–Crippen LogP) is 3.42. The molecule has 1 fully saturated rings. The maximum absolute atomic E-state index is 5.78. The standard InChI is InChI=1S/C17H17NO/c1-18-16-17(12-13-19-16,14-8-4-2-5-9-14)15-10-6-3-7-11-15/h2-11H,12-13H2,1H3/b18-16+. The summed E-state index contributed by atoms with van der Waals surface area (Å²) in [6.07, 6.45) is 0.938. The molecule has 1 heterocycles. The first-order valence-electron chi connectivity index (χ1n) is 6.59. The van der Waals surface area contributed by atoms with Crippen molar-refractivity contribution < 1.29 is 4.74 Å². The van der Waals surface area contributed by atoms with Gasteiger partial charge < -0.3 is 4.74 Å². The van der Waals surface area contributed by atoms with Gasteiger partial charge in [0.25, 0.3) is 0 Å². The van der Waals surface area contributed by atoms with Crippen LogP contribution in [0.15, 0.2) is 65.7 Å². The predicted molar refractivity (Wildman–Crippen MR) is 77.6 cm³/mol. The molecular weight excluding hydrogens is 234 g/mol. The van der Waals surface area contributed by atoms with Crippen LogP contribution in [0.1, 0.15) is 17.5 Å². The van der Waals surface area contributed by atoms with Crippen LogP contribution in [0.2, 0.25) is 0 Å². The summed E-state index contributed by atoms with van der Waals surface area (Å²) >= 11 is 0. The van der Waals surface area contributed by atoms with Crippen LogP contribution in [0.5, 0.6) is 0 Å². The quantitative estimate of drug-likeness (QED) is 0.801. The second-order valence-electron chi connectivity index (χ2n) is 4.76. The molecule has 1 aliphatic heterocycles. The van der Waals surface area contributed by atoms with Crippen LogP contribution in [0, 0.1) is 0 Å². The van der Waals surface area contributed by atoms with Gasteiger partial charge >= 0.3 is 0 Å². The van der Waals surface area contributed by atoms with Gasteiger partial charge in [-0.3, -0.25) is 4.99 Å². The third-order valence-corrected chi connectivity index (χ3v) is 3.82. The number of nitrogens with zero attached hydrogens (tertiary/aromatic N) is 1. The van der Waals surface area contributed by atoms with E-state index in [-0.39, 0.29) is 5.41 Å². The van der Waals surface area contributed by atoms with Crippen LogP contribution in [0.3, 0.4) is 0 Å². The van der Waals surface area contributed by atoms with Crippen LogP contribution in [0.25, 0.3) is 0 Å². The van der Waals surface area contributed by atoms with Crippen LogP contribution in [0.4, 0.5) is 0 Å². The molecule has 2 heteroatoms. The molecule has 0 aliphatic carbocycles. The normalized spacial score (nSPS) is 19.3. The van der Waals surface area contributed by atoms with Crippen molar-refractivity contribution in [1.29, 1.82) is 0 Å². The number of hydrogen-bond acceptors (Lipinski definition) is 2. The lowest BCUT2D eigenvalue weighted by molar-refractivity contribution is 0.343. The molecule has 1 aliphatic rings. The van der Waals surface area contributed by atoms with Gasteiger partial charge in [0, 0.05) is 13.5 Å². The summed E-state index contributed by atoms with van der Waals surface area (Å²) < 4.78 is 5.78. The largest absolute Gasteiger partial charge is 0.480 e. The molecule has 2 aromatic carbocycles. The fraction of sp³-hybridized carbons (Fsp3) is 0.235. The lowest BCUT2D eigenvalue weighted by atomic mass is 9.73. The minimum Gasteiger partial charge on any atom is -0.480 e. The third-order valence-electron chi connectivity index (χ3n) is 3.82. The van der Waals surface area contributed by atoms with Gasteiger partial charge in [0.15, 0.2) is 5.90 Å². The van der Waals surface area contributed by atoms with Gasteiger partial charge in [-0.05, 0) is 11.1 Å². The minimum absolute atomic E-state index is 0.225. The Morgan fingerprint density at radius 3 is 1.89 bits per heavy atom. The number of hydrogen-bond donors (Lipinski definition) is 0. The average Bonchev–Trinajstić information content (AvgIpc) is 2.94. The first-order chi connectivity index (χ1) is 9.38. The second kappa shape index (κ2) is 4.88. The highest BCUT2D eigenvalue weighted by Crippen LogP contribution is 2.41. The van der Waals surface area contributed by atoms with Gasteiger partial charge in [0.05, 0.1) is 12.0 Å². The van der Waals surface area contributed by atoms with Crippen molar-refractivity contribution in [1.82, 2.24) is 0 Å². The van der Waals surface area contributed by atoms with E-state index < -0.39 is 0 Å². The van der Waals surface area contributed by atoms with Crippen LogP contribution >= 0.6 is 0 Å². The molecule has 0 radical (unpaired) electrons. The Hall–Kier alpha value is -2.09. The Bertz CT molecular complexity index is 535. The van der Waals surface area contributed by atoms with Crippen molar-refractivity contribution in [3.05, 3.63) is 71.8 Å². The Labute approximate surface area is 113 Å². The molecule has 1 saturated heterocycles. The maximum Gasteiger partial charge on any atom is 0.198 e. The van der Waals surface area contributed by atoms with Gasteiger partial charge in [-0.1, -0.05) is 60.7 Å². The number of aliphatic imine (C=N–C) groups is 1. The van der Waals surface area contributed by atoms with Crippen LogP contribution in [-0.2, 0) is 10.2 Å². The first kappa shape index (κ1) is 12.0. The lowest BCUT2D eigenvalue weighted by Crippen LogP contribution is -2.33. The molecule has 19 heavy (non-hydrogen) atoms. The Morgan fingerprint density at radius 2 is 1.42 bits per heavy atom. The lowest BCUT2D eigenvalue weighted by Gasteiger charge is -2.28. The van der Waals surface area contributed by atoms with Gasteiger partial charge in [0.2, 0.25) is 0 Å². The highest BCUT2D eigenvalue weighted by atomic mass is 16.5. The summed E-state index contributed by atoms with van der Waals surface area (Å²) in [4.78, 5) is 4.39. The van der Waals surface area contributed by atoms with Gasteiger partial charge in [0.1, 0.15) is 0 Å². The Balaban J connectivity index is 2.23. The average molecular weight is 251 g/mol. The molecule has 3 rings (SSSR count). The van der Waals surface area contributed by atoms with E-state index in [0.29, 0.717) is 0 Å². The molecule has 0 N–H and O–H groups in total. The molecule has 0 saturated carbocycles. The van der Waals surface area contributed by atoms with E-state index in [2.05, 4.69) is 53.5 Å². The molecule has 0 bridgehead atoms. The minimum atomic E-state index is -0.225. The summed E-state index contributed by atoms with van der Waals surface area (Å²) in [5, 5.41) is 0. The molecule has 96 valence electrons. The summed E-state index contributed by atoms with van der Waals surface area (Å²) in [5.41, 5.74) is 2.27. The number of rotatable bonds is 2. The number of benzene rings is 2. The van der Waals surface area contributed by atoms with E-state index in [9.17, 15) is 0 Å². The molecule has 0 aromatic heterocycles. The van der Waals surface area contributed by atoms with Crippen LogP contribution < -0.4 is 0 Å². The first-order valence-corrected chi connectivity index (χ1v) is 6.59. The van der Waals surface area contributed by atoms with Crippen LogP contribution in [-0.4, -0.2) is 19.6 Å². The van der Waals surface area contributed by atoms with Crippen molar-refractivity contribution in [3.8, 4) is 0 Å². The van der Waals surface area contributed by atoms with E-state index in [1.54, 1.807) is 7.05 Å². The molecule has 0 unspecified atom stereocenters. The van der Waals surface area contributed by atoms with Crippen molar-refractivity contribution in [2.24, 2.45) is 4.99 Å². The van der Waals surface area contributed by atoms with E-state index in [1.807, 2.05) is 12.1 Å². The Morgan fingerprint density at radius 1 is 0.895 bits per heavy atom. The fourth-order valence-electron chi connectivity index (χ4n) is 2.93. The SMILES string of the molecule is C/N=C1/OCCC1(c1ccccc1)c1ccccc1. The van der Waals surface area contributed by atoms with E-state index in [0.717, 1.165) is 18.9 Å². The van der Waals surface area contributed by atoms with E-state index in [4.69, 9.17) is 4.74 Å². The summed E-state index contributed by atoms with van der Waals surface area (Å²) in [5.74, 6) is 0.824. The molecule has 0 atom stereocenters. The highest BCUT2D eigenvalue weighted by Gasteiger charge is 2.45. The summed E-state index contributed by atoms with van der Waals surface area (Å²) in [7, 11) is 1.81. The molecular formula is C17H17NO. The van der Waals surface area contributed by atoms with E-state index in [1.165, 1.54) is 11.1 Å². The highest BCUT2D eigenvalue weighted by molar-refractivity contribution is 5.93. The fourth-order valence-corrected chi connectivity index (χ4v) is 2.93. The van der Waals surface area contributed by atoms with Gasteiger partial charge in [-0.25, -0.2) is 0 Å². The van der Waals surface area contributed by atoms with Crippen molar-refractivity contribution in [2.75, 3.05) is 13.7 Å². The van der Waals surface area contributed by atoms with Gasteiger partial charge in [-0.2, -0.15) is 0 Å². The summed E-state index contributed by atoms with van der Waals surface area (Å²) in [6, 6.07) is 21.0. The second-order valence-corrected chi connectivity index (χ2v) is 4.76. The van der Waals surface area contributed by atoms with Crippen molar-refractivity contribution in [3.63, 3.8) is 0 Å². The topological polar surface area (TPSA) is 21.6 Å². The monoisotopic (exact) mass is 251 g/mol. The zero-order valence-electron chi connectivity index (χ0n) is 11.0. The smallest absolute Gasteiger partial charge is 0.198 e. The Kier molecular flexibility index (Phi) is 3.08. The molecule has 2 aromatic rings. The van der Waals surface area contributed by atoms with Crippen molar-refractivity contribution >= 4 is 5.90 Å². The summed E-state index contributed by atoms with van der Waals surface area (Å²) in [6.45, 7) is 0.719. The zero-order valence-corrected chi connectivity index (χ0v) is 11.0. The maximum atomic E-state index is 5.78. The van der Waals surface area contributed by atoms with Crippen molar-refractivity contribution in [2.45, 2.75) is 11.8 Å². The molecule has 2 nitrogen and oxygen atoms in total. The molecule has 0 spiro atoms. The number of ether oxygens (including phenoxy) is 1. The van der Waals surface area contributed by atoms with Gasteiger partial charge in [-0.15, -0.1) is 0 Å². The zero-order chi connectivity index (χ0) is 13.1.